The minimum absolute atomic E-state index is 1.23. The van der Waals surface area contributed by atoms with Gasteiger partial charge in [0, 0.05) is 0 Å². The van der Waals surface area contributed by atoms with Gasteiger partial charge >= 0.3 is 0 Å². The molecular weight excluding hydrogens is 577 g/mol. The highest BCUT2D eigenvalue weighted by Crippen LogP contribution is 2.47. The molecule has 0 unspecified atom stereocenters. The van der Waals surface area contributed by atoms with Crippen LogP contribution in [-0.2, 0) is 0 Å². The summed E-state index contributed by atoms with van der Waals surface area (Å²) in [6.07, 6.45) is 0. The van der Waals surface area contributed by atoms with Crippen LogP contribution in [0.5, 0.6) is 0 Å². The fraction of sp³-hybridized carbons (Fsp3) is 0. The van der Waals surface area contributed by atoms with Gasteiger partial charge in [-0.2, -0.15) is 0 Å². The Bertz CT molecular complexity index is 2770. The number of benzene rings is 10. The van der Waals surface area contributed by atoms with Crippen molar-refractivity contribution in [2.45, 2.75) is 0 Å². The van der Waals surface area contributed by atoms with E-state index in [0.29, 0.717) is 0 Å². The Kier molecular flexibility index (Phi) is 5.98. The molecule has 0 N–H and O–H groups in total. The van der Waals surface area contributed by atoms with Gasteiger partial charge in [0.05, 0.1) is 0 Å². The van der Waals surface area contributed by atoms with Crippen molar-refractivity contribution in [3.63, 3.8) is 0 Å². The third kappa shape index (κ3) is 4.24. The lowest BCUT2D eigenvalue weighted by atomic mass is 9.83. The van der Waals surface area contributed by atoms with Crippen LogP contribution in [0.15, 0.2) is 182 Å². The van der Waals surface area contributed by atoms with E-state index in [2.05, 4.69) is 182 Å². The van der Waals surface area contributed by atoms with Crippen molar-refractivity contribution < 1.29 is 0 Å². The van der Waals surface area contributed by atoms with E-state index >= 15 is 0 Å². The first-order chi connectivity index (χ1) is 23.8. The van der Waals surface area contributed by atoms with Crippen LogP contribution in [0, 0.1) is 0 Å². The Morgan fingerprint density at radius 3 is 1.17 bits per heavy atom. The van der Waals surface area contributed by atoms with Gasteiger partial charge in [0.1, 0.15) is 0 Å². The normalized spacial score (nSPS) is 11.8. The summed E-state index contributed by atoms with van der Waals surface area (Å²) in [5.41, 5.74) is 7.53. The zero-order chi connectivity index (χ0) is 31.6. The van der Waals surface area contributed by atoms with Crippen LogP contribution in [0.1, 0.15) is 0 Å². The lowest BCUT2D eigenvalue weighted by molar-refractivity contribution is 1.64. The molecule has 0 aromatic heterocycles. The van der Waals surface area contributed by atoms with E-state index in [4.69, 9.17) is 0 Å². The molecule has 10 aromatic carbocycles. The topological polar surface area (TPSA) is 0 Å². The highest BCUT2D eigenvalue weighted by Gasteiger charge is 2.19. The van der Waals surface area contributed by atoms with Crippen LogP contribution in [0.3, 0.4) is 0 Å². The van der Waals surface area contributed by atoms with Gasteiger partial charge in [0.25, 0.3) is 0 Å². The first-order valence-corrected chi connectivity index (χ1v) is 16.7. The molecule has 0 aliphatic heterocycles. The fourth-order valence-corrected chi connectivity index (χ4v) is 7.86. The van der Waals surface area contributed by atoms with Gasteiger partial charge < -0.3 is 0 Å². The van der Waals surface area contributed by atoms with Crippen molar-refractivity contribution in [2.24, 2.45) is 0 Å². The van der Waals surface area contributed by atoms with Gasteiger partial charge in [-0.1, -0.05) is 152 Å². The maximum Gasteiger partial charge on any atom is -0.00257 e. The molecule has 10 aromatic rings. The number of fused-ring (bicyclic) bond motifs is 6. The van der Waals surface area contributed by atoms with Crippen LogP contribution in [0.2, 0.25) is 0 Å². The smallest absolute Gasteiger partial charge is 0.00257 e. The third-order valence-corrected chi connectivity index (χ3v) is 10.2. The van der Waals surface area contributed by atoms with Gasteiger partial charge in [-0.25, -0.2) is 0 Å². The summed E-state index contributed by atoms with van der Waals surface area (Å²) < 4.78 is 0. The molecule has 0 radical (unpaired) electrons. The summed E-state index contributed by atoms with van der Waals surface area (Å²) in [5.74, 6) is 0. The maximum absolute atomic E-state index is 2.41. The molecule has 48 heavy (non-hydrogen) atoms. The average Bonchev–Trinajstić information content (AvgIpc) is 3.15. The fourth-order valence-electron chi connectivity index (χ4n) is 7.86. The predicted molar refractivity (Wildman–Crippen MR) is 208 cm³/mol. The van der Waals surface area contributed by atoms with Crippen molar-refractivity contribution in [1.29, 1.82) is 0 Å². The molecule has 0 nitrogen and oxygen atoms in total. The summed E-state index contributed by atoms with van der Waals surface area (Å²) in [7, 11) is 0. The summed E-state index contributed by atoms with van der Waals surface area (Å²) in [4.78, 5) is 0. The quantitative estimate of drug-likeness (QED) is 0.176. The molecule has 0 amide bonds. The molecular formula is C48H30. The van der Waals surface area contributed by atoms with E-state index in [1.165, 1.54) is 98.0 Å². The van der Waals surface area contributed by atoms with E-state index in [-0.39, 0.29) is 0 Å². The second kappa shape index (κ2) is 10.7. The molecule has 0 heterocycles. The molecule has 0 saturated heterocycles. The summed E-state index contributed by atoms with van der Waals surface area (Å²) >= 11 is 0. The standard InChI is InChI=1S/C48H30/c1-2-12-35-26-40(25-20-31(35)10-1)48-45-29-38-15-5-3-13-36(38)27-43(45)47(44-28-37-14-4-6-16-39(37)30-46(44)48)34-23-21-33(22-24-34)42-19-9-17-32-11-7-8-18-41(32)42/h1-30H. The zero-order valence-electron chi connectivity index (χ0n) is 26.3. The number of hydrogen-bond acceptors (Lipinski definition) is 0. The Morgan fingerprint density at radius 1 is 0.208 bits per heavy atom. The minimum atomic E-state index is 1.23. The van der Waals surface area contributed by atoms with Crippen LogP contribution >= 0.6 is 0 Å². The van der Waals surface area contributed by atoms with Gasteiger partial charge in [-0.15, -0.1) is 0 Å². The second-order valence-electron chi connectivity index (χ2n) is 12.9. The Hall–Kier alpha value is -6.24. The van der Waals surface area contributed by atoms with E-state index < -0.39 is 0 Å². The zero-order valence-corrected chi connectivity index (χ0v) is 26.3. The molecule has 0 aliphatic carbocycles. The molecule has 0 saturated carbocycles. The monoisotopic (exact) mass is 606 g/mol. The minimum Gasteiger partial charge on any atom is -0.0616 e. The Balaban J connectivity index is 1.31. The van der Waals surface area contributed by atoms with Crippen molar-refractivity contribution >= 4 is 64.6 Å². The predicted octanol–water partition coefficient (Wildman–Crippen LogP) is 13.6. The highest BCUT2D eigenvalue weighted by molar-refractivity contribution is 6.25. The largest absolute Gasteiger partial charge is 0.0616 e. The van der Waals surface area contributed by atoms with Crippen molar-refractivity contribution in [1.82, 2.24) is 0 Å². The van der Waals surface area contributed by atoms with Crippen LogP contribution in [0.25, 0.3) is 98.0 Å². The molecule has 0 aliphatic rings. The summed E-state index contributed by atoms with van der Waals surface area (Å²) in [6.45, 7) is 0. The van der Waals surface area contributed by atoms with E-state index in [9.17, 15) is 0 Å². The Labute approximate surface area is 279 Å². The van der Waals surface area contributed by atoms with E-state index in [0.717, 1.165) is 0 Å². The maximum atomic E-state index is 2.41. The van der Waals surface area contributed by atoms with Crippen LogP contribution < -0.4 is 0 Å². The van der Waals surface area contributed by atoms with Crippen molar-refractivity contribution in [3.05, 3.63) is 182 Å². The highest BCUT2D eigenvalue weighted by atomic mass is 14.2. The van der Waals surface area contributed by atoms with Gasteiger partial charge in [0.15, 0.2) is 0 Å². The number of rotatable bonds is 3. The van der Waals surface area contributed by atoms with E-state index in [1.807, 2.05) is 0 Å². The molecule has 0 atom stereocenters. The molecule has 222 valence electrons. The molecule has 0 fully saturated rings. The second-order valence-corrected chi connectivity index (χ2v) is 12.9. The SMILES string of the molecule is c1ccc2cc(-c3c4cc5ccccc5cc4c(-c4ccc(-c5cccc6ccccc56)cc4)c4cc5ccccc5cc34)ccc2c1. The summed E-state index contributed by atoms with van der Waals surface area (Å²) in [5, 5.41) is 15.2. The van der Waals surface area contributed by atoms with Gasteiger partial charge in [-0.3, -0.25) is 0 Å². The molecule has 0 heteroatoms. The lowest BCUT2D eigenvalue weighted by Gasteiger charge is -2.20. The molecule has 10 rings (SSSR count). The van der Waals surface area contributed by atoms with Crippen LogP contribution in [0.4, 0.5) is 0 Å². The first-order valence-electron chi connectivity index (χ1n) is 16.7. The van der Waals surface area contributed by atoms with Crippen LogP contribution in [-0.4, -0.2) is 0 Å². The molecule has 0 spiro atoms. The Morgan fingerprint density at radius 2 is 0.604 bits per heavy atom. The third-order valence-electron chi connectivity index (χ3n) is 10.2. The summed E-state index contributed by atoms with van der Waals surface area (Å²) in [6, 6.07) is 67.3. The van der Waals surface area contributed by atoms with Crippen molar-refractivity contribution in [2.75, 3.05) is 0 Å². The number of hydrogen-bond donors (Lipinski definition) is 0. The van der Waals surface area contributed by atoms with E-state index in [1.54, 1.807) is 0 Å². The van der Waals surface area contributed by atoms with Crippen molar-refractivity contribution in [3.8, 4) is 33.4 Å². The molecule has 0 bridgehead atoms. The van der Waals surface area contributed by atoms with Gasteiger partial charge in [0.2, 0.25) is 0 Å². The average molecular weight is 607 g/mol. The lowest BCUT2D eigenvalue weighted by Crippen LogP contribution is -1.92. The van der Waals surface area contributed by atoms with Gasteiger partial charge in [-0.05, 0) is 128 Å². The first kappa shape index (κ1) is 26.9.